The van der Waals surface area contributed by atoms with Crippen molar-refractivity contribution in [2.75, 3.05) is 6.54 Å². The lowest BCUT2D eigenvalue weighted by Gasteiger charge is -2.25. The quantitative estimate of drug-likeness (QED) is 0.529. The maximum atomic E-state index is 13.2. The van der Waals surface area contributed by atoms with Crippen LogP contribution in [-0.2, 0) is 24.1 Å². The van der Waals surface area contributed by atoms with Crippen molar-refractivity contribution < 1.29 is 19.1 Å². The monoisotopic (exact) mass is 446 g/mol. The summed E-state index contributed by atoms with van der Waals surface area (Å²) in [7, 11) is 0. The Labute approximate surface area is 192 Å². The summed E-state index contributed by atoms with van der Waals surface area (Å²) in [5.74, 6) is -1.23. The molecule has 0 saturated carbocycles. The van der Waals surface area contributed by atoms with Gasteiger partial charge in [0.1, 0.15) is 5.82 Å². The van der Waals surface area contributed by atoms with Gasteiger partial charge in [0.25, 0.3) is 0 Å². The van der Waals surface area contributed by atoms with Crippen molar-refractivity contribution in [3.63, 3.8) is 0 Å². The van der Waals surface area contributed by atoms with E-state index in [1.54, 1.807) is 24.3 Å². The number of rotatable bonds is 8. The van der Waals surface area contributed by atoms with E-state index in [4.69, 9.17) is 4.98 Å². The molecule has 3 aromatic rings. The first-order valence-electron chi connectivity index (χ1n) is 11.3. The zero-order valence-electron chi connectivity index (χ0n) is 18.4. The van der Waals surface area contributed by atoms with Gasteiger partial charge in [0, 0.05) is 13.0 Å². The van der Waals surface area contributed by atoms with Crippen LogP contribution in [0.25, 0.3) is 0 Å². The fraction of sp³-hybridized carbons (Fsp3) is 0.296. The number of aryl methyl sites for hydroxylation is 3. The number of carbonyl (C=O) groups is 2. The second-order valence-electron chi connectivity index (χ2n) is 8.39. The average molecular weight is 447 g/mol. The molecule has 1 atom stereocenters. The second kappa shape index (κ2) is 10.4. The van der Waals surface area contributed by atoms with Gasteiger partial charge in [0.15, 0.2) is 0 Å². The number of aromatic carboxylic acids is 1. The van der Waals surface area contributed by atoms with E-state index in [1.165, 1.54) is 12.1 Å². The number of carboxylic acids is 1. The molecule has 170 valence electrons. The number of amides is 1. The third kappa shape index (κ3) is 5.64. The molecule has 0 bridgehead atoms. The van der Waals surface area contributed by atoms with Gasteiger partial charge < -0.3 is 10.0 Å². The van der Waals surface area contributed by atoms with Gasteiger partial charge in [-0.3, -0.25) is 9.78 Å². The van der Waals surface area contributed by atoms with E-state index in [1.807, 2.05) is 35.2 Å². The molecule has 33 heavy (non-hydrogen) atoms. The van der Waals surface area contributed by atoms with Gasteiger partial charge in [-0.1, -0.05) is 42.5 Å². The SMILES string of the molecule is O=C(O)c1ccc([C@H]2CCCN2C(=O)CCc2ccccc2)nc1CCc1ccc(F)cc1. The Morgan fingerprint density at radius 3 is 2.39 bits per heavy atom. The minimum Gasteiger partial charge on any atom is -0.478 e. The molecular formula is C27H27FN2O3. The number of hydrogen-bond acceptors (Lipinski definition) is 3. The van der Waals surface area contributed by atoms with Crippen molar-refractivity contribution in [3.8, 4) is 0 Å². The topological polar surface area (TPSA) is 70.5 Å². The molecule has 1 saturated heterocycles. The van der Waals surface area contributed by atoms with Crippen LogP contribution < -0.4 is 0 Å². The van der Waals surface area contributed by atoms with Gasteiger partial charge in [-0.25, -0.2) is 9.18 Å². The highest BCUT2D eigenvalue weighted by Gasteiger charge is 2.31. The molecule has 2 aromatic carbocycles. The summed E-state index contributed by atoms with van der Waals surface area (Å²) in [5, 5.41) is 9.62. The number of carboxylic acid groups (broad SMARTS) is 1. The number of nitrogens with zero attached hydrogens (tertiary/aromatic N) is 2. The van der Waals surface area contributed by atoms with Crippen molar-refractivity contribution in [2.45, 2.75) is 44.6 Å². The molecule has 1 aromatic heterocycles. The second-order valence-corrected chi connectivity index (χ2v) is 8.39. The van der Waals surface area contributed by atoms with Crippen molar-refractivity contribution >= 4 is 11.9 Å². The first-order valence-corrected chi connectivity index (χ1v) is 11.3. The van der Waals surface area contributed by atoms with Gasteiger partial charge in [-0.05, 0) is 67.5 Å². The molecule has 4 rings (SSSR count). The normalized spacial score (nSPS) is 15.5. The number of likely N-dealkylation sites (tertiary alicyclic amines) is 1. The van der Waals surface area contributed by atoms with Crippen LogP contribution in [0.4, 0.5) is 4.39 Å². The molecule has 1 fully saturated rings. The van der Waals surface area contributed by atoms with Crippen LogP contribution in [-0.4, -0.2) is 33.4 Å². The van der Waals surface area contributed by atoms with Gasteiger partial charge in [0.05, 0.1) is 23.0 Å². The predicted molar refractivity (Wildman–Crippen MR) is 123 cm³/mol. The van der Waals surface area contributed by atoms with Crippen LogP contribution in [0.2, 0.25) is 0 Å². The molecule has 0 radical (unpaired) electrons. The number of aromatic nitrogens is 1. The summed E-state index contributed by atoms with van der Waals surface area (Å²) in [6.07, 6.45) is 3.82. The molecular weight excluding hydrogens is 419 g/mol. The van der Waals surface area contributed by atoms with E-state index >= 15 is 0 Å². The van der Waals surface area contributed by atoms with Crippen molar-refractivity contribution in [1.82, 2.24) is 9.88 Å². The Morgan fingerprint density at radius 2 is 1.67 bits per heavy atom. The van der Waals surface area contributed by atoms with Crippen LogP contribution in [0, 0.1) is 5.82 Å². The Kier molecular flexibility index (Phi) is 7.13. The molecule has 2 heterocycles. The molecule has 0 spiro atoms. The lowest BCUT2D eigenvalue weighted by Crippen LogP contribution is -2.31. The van der Waals surface area contributed by atoms with Crippen LogP contribution in [0.5, 0.6) is 0 Å². The Hall–Kier alpha value is -3.54. The fourth-order valence-electron chi connectivity index (χ4n) is 4.42. The highest BCUT2D eigenvalue weighted by Crippen LogP contribution is 2.32. The highest BCUT2D eigenvalue weighted by atomic mass is 19.1. The number of carbonyl (C=O) groups excluding carboxylic acids is 1. The summed E-state index contributed by atoms with van der Waals surface area (Å²) >= 11 is 0. The minimum atomic E-state index is -1.02. The van der Waals surface area contributed by atoms with E-state index in [-0.39, 0.29) is 23.3 Å². The molecule has 1 aliphatic rings. The molecule has 1 amide bonds. The average Bonchev–Trinajstić information content (AvgIpc) is 3.33. The molecule has 6 heteroatoms. The number of hydrogen-bond donors (Lipinski definition) is 1. The number of pyridine rings is 1. The largest absolute Gasteiger partial charge is 0.478 e. The standard InChI is InChI=1S/C27H27FN2O3/c28-21-12-8-20(9-13-21)10-15-23-22(27(32)33)14-16-24(29-23)25-7-4-18-30(25)26(31)17-11-19-5-2-1-3-6-19/h1-3,5-6,8-9,12-14,16,25H,4,7,10-11,15,17-18H2,(H,32,33)/t25-/m1/s1. The maximum Gasteiger partial charge on any atom is 0.337 e. The zero-order valence-corrected chi connectivity index (χ0v) is 18.4. The van der Waals surface area contributed by atoms with Crippen LogP contribution in [0.1, 0.15) is 58.2 Å². The lowest BCUT2D eigenvalue weighted by atomic mass is 10.0. The lowest BCUT2D eigenvalue weighted by molar-refractivity contribution is -0.132. The van der Waals surface area contributed by atoms with Crippen LogP contribution in [0.15, 0.2) is 66.7 Å². The van der Waals surface area contributed by atoms with E-state index in [9.17, 15) is 19.1 Å². The summed E-state index contributed by atoms with van der Waals surface area (Å²) in [4.78, 5) is 31.3. The van der Waals surface area contributed by atoms with Gasteiger partial charge in [0.2, 0.25) is 5.91 Å². The Balaban J connectivity index is 1.49. The van der Waals surface area contributed by atoms with Crippen molar-refractivity contribution in [1.29, 1.82) is 0 Å². The van der Waals surface area contributed by atoms with E-state index in [0.717, 1.165) is 29.7 Å². The summed E-state index contributed by atoms with van der Waals surface area (Å²) in [5.41, 5.74) is 3.44. The van der Waals surface area contributed by atoms with E-state index < -0.39 is 5.97 Å². The Morgan fingerprint density at radius 1 is 0.939 bits per heavy atom. The highest BCUT2D eigenvalue weighted by molar-refractivity contribution is 5.88. The van der Waals surface area contributed by atoms with Crippen molar-refractivity contribution in [2.24, 2.45) is 0 Å². The molecule has 1 aliphatic heterocycles. The third-order valence-corrected chi connectivity index (χ3v) is 6.17. The van der Waals surface area contributed by atoms with E-state index in [0.29, 0.717) is 37.9 Å². The van der Waals surface area contributed by atoms with Crippen LogP contribution in [0.3, 0.4) is 0 Å². The molecule has 1 N–H and O–H groups in total. The number of halogens is 1. The fourth-order valence-corrected chi connectivity index (χ4v) is 4.42. The molecule has 0 aliphatic carbocycles. The van der Waals surface area contributed by atoms with Crippen LogP contribution >= 0.6 is 0 Å². The van der Waals surface area contributed by atoms with Gasteiger partial charge in [-0.2, -0.15) is 0 Å². The Bertz CT molecular complexity index is 1120. The van der Waals surface area contributed by atoms with Gasteiger partial charge >= 0.3 is 5.97 Å². The molecule has 5 nitrogen and oxygen atoms in total. The first kappa shape index (κ1) is 22.6. The molecule has 0 unspecified atom stereocenters. The van der Waals surface area contributed by atoms with E-state index in [2.05, 4.69) is 0 Å². The zero-order chi connectivity index (χ0) is 23.2. The van der Waals surface area contributed by atoms with Gasteiger partial charge in [-0.15, -0.1) is 0 Å². The maximum absolute atomic E-state index is 13.2. The first-order chi connectivity index (χ1) is 16.0. The minimum absolute atomic E-state index is 0.0957. The summed E-state index contributed by atoms with van der Waals surface area (Å²) in [6, 6.07) is 19.3. The summed E-state index contributed by atoms with van der Waals surface area (Å²) < 4.78 is 13.2. The predicted octanol–water partition coefficient (Wildman–Crippen LogP) is 5.00. The smallest absolute Gasteiger partial charge is 0.337 e. The summed E-state index contributed by atoms with van der Waals surface area (Å²) in [6.45, 7) is 0.686. The number of benzene rings is 2. The van der Waals surface area contributed by atoms with Crippen molar-refractivity contribution in [3.05, 3.63) is 101 Å². The third-order valence-electron chi connectivity index (χ3n) is 6.17.